The molecule has 6 aromatic carbocycles. The normalized spacial score (nSPS) is 17.8. The molecule has 2 aliphatic heterocycles. The van der Waals surface area contributed by atoms with Crippen LogP contribution in [0.1, 0.15) is 284 Å². The number of phenols is 1. The van der Waals surface area contributed by atoms with Gasteiger partial charge in [0.05, 0.1) is 52.5 Å². The van der Waals surface area contributed by atoms with Crippen molar-refractivity contribution in [3.63, 3.8) is 0 Å². The average Bonchev–Trinajstić information content (AvgIpc) is 1.65. The Morgan fingerprint density at radius 3 is 1.57 bits per heavy atom. The number of fused-ring (bicyclic) bond motifs is 4. The summed E-state index contributed by atoms with van der Waals surface area (Å²) in [6, 6.07) is 41.0. The first kappa shape index (κ1) is 95.8. The van der Waals surface area contributed by atoms with Gasteiger partial charge in [-0.2, -0.15) is 11.4 Å². The summed E-state index contributed by atoms with van der Waals surface area (Å²) in [4.78, 5) is 55.8. The van der Waals surface area contributed by atoms with Gasteiger partial charge in [0.25, 0.3) is 23.6 Å². The van der Waals surface area contributed by atoms with Gasteiger partial charge >= 0.3 is 143 Å². The van der Waals surface area contributed by atoms with Gasteiger partial charge in [-0.1, -0.05) is 169 Å². The molecule has 4 saturated carbocycles. The molecule has 0 spiro atoms. The number of aromatic nitrogens is 1. The van der Waals surface area contributed by atoms with E-state index in [1.807, 2.05) is 76.2 Å². The number of terminal acetylenes is 2. The number of hydrogen-bond acceptors (Lipinski definition) is 8. The Morgan fingerprint density at radius 1 is 0.632 bits per heavy atom. The molecule has 2 atom stereocenters. The molecule has 4 amide bonds. The van der Waals surface area contributed by atoms with Crippen molar-refractivity contribution < 1.29 is 54.5 Å². The SMILES string of the molecule is C.C#CC#CC#C.C=CCCCCCCOCc1ccc(OC)cc1.C=C[C@H](CC)N1C(=O)c2ccccc2C1=O.CC(C)([CH]=[Mo]=[N]C12CC3CC(CC(C3)C1)C2)c1ccccc1.CCCCCCC/C=C\[C@H](CC)N1C(=O)c2ccccc2C1=O.Cc1c(Br)cc2c(c1-c1c(O)c(Br)cc3c1CCCC3)CCCC2.Cc1ccc(C)[n-]1.[HH].[HH]. The molecule has 0 unspecified atom stereocenters. The van der Waals surface area contributed by atoms with E-state index < -0.39 is 0 Å². The summed E-state index contributed by atoms with van der Waals surface area (Å²) in [5.41, 5.74) is 16.8. The van der Waals surface area contributed by atoms with Crippen molar-refractivity contribution in [2.75, 3.05) is 13.7 Å². The van der Waals surface area contributed by atoms with E-state index in [4.69, 9.17) is 25.8 Å². The van der Waals surface area contributed by atoms with Crippen LogP contribution in [0.15, 0.2) is 177 Å². The van der Waals surface area contributed by atoms with Crippen molar-refractivity contribution in [2.45, 2.75) is 266 Å². The number of halogens is 2. The minimum Gasteiger partial charge on any atom is -0.665 e. The maximum absolute atomic E-state index is 12.5. The fourth-order valence-electron chi connectivity index (χ4n) is 17.2. The molecule has 15 rings (SSSR count). The number of methoxy groups -OCH3 is 1. The van der Waals surface area contributed by atoms with Crippen molar-refractivity contribution in [1.82, 2.24) is 14.8 Å². The summed E-state index contributed by atoms with van der Waals surface area (Å²) in [7, 11) is 1.68. The predicted octanol–water partition coefficient (Wildman–Crippen LogP) is 25.9. The summed E-state index contributed by atoms with van der Waals surface area (Å²) in [6.07, 6.45) is 50.2. The molecule has 3 heterocycles. The zero-order valence-corrected chi connectivity index (χ0v) is 75.5. The van der Waals surface area contributed by atoms with Crippen molar-refractivity contribution >= 4 is 59.9 Å². The van der Waals surface area contributed by atoms with E-state index >= 15 is 0 Å². The average molecular weight is 1790 g/mol. The number of aromatic hydroxyl groups is 1. The van der Waals surface area contributed by atoms with Crippen LogP contribution in [0.2, 0.25) is 0 Å². The Labute approximate surface area is 730 Å². The van der Waals surface area contributed by atoms with Crippen molar-refractivity contribution in [1.29, 1.82) is 0 Å². The van der Waals surface area contributed by atoms with Crippen LogP contribution in [0, 0.1) is 75.1 Å². The van der Waals surface area contributed by atoms with Crippen LogP contribution in [0.25, 0.3) is 11.1 Å². The Hall–Kier alpha value is -8.34. The molecule has 4 bridgehead atoms. The number of allylic oxidation sites excluding steroid dienone is 2. The number of ether oxygens (including phenoxy) is 2. The smallest absolute Gasteiger partial charge is 0.262 e. The number of benzene rings is 6. The minimum absolute atomic E-state index is 0. The summed E-state index contributed by atoms with van der Waals surface area (Å²) >= 11 is 7.02. The van der Waals surface area contributed by atoms with Gasteiger partial charge in [-0.3, -0.25) is 29.0 Å². The second-order valence-corrected chi connectivity index (χ2v) is 35.5. The van der Waals surface area contributed by atoms with Gasteiger partial charge in [-0.15, -0.1) is 26.0 Å². The van der Waals surface area contributed by atoms with Crippen molar-refractivity contribution in [3.8, 4) is 59.2 Å². The molecular weight excluding hydrogens is 1660 g/mol. The molecule has 0 radical (unpaired) electrons. The molecule has 4 fully saturated rings. The second-order valence-electron chi connectivity index (χ2n) is 32.2. The number of unbranched alkanes of at least 4 members (excludes halogenated alkanes) is 9. The number of phenolic OH excluding ortho intramolecular Hbond substituents is 1. The summed E-state index contributed by atoms with van der Waals surface area (Å²) < 4.78 is 20.7. The number of rotatable bonds is 26. The van der Waals surface area contributed by atoms with Gasteiger partial charge in [0.15, 0.2) is 0 Å². The zero-order valence-electron chi connectivity index (χ0n) is 70.3. The number of carbonyl (C=O) groups is 4. The number of imide groups is 2. The topological polar surface area (TPSA) is 140 Å². The molecule has 0 saturated heterocycles. The van der Waals surface area contributed by atoms with Crippen LogP contribution in [0.3, 0.4) is 0 Å². The first-order valence-corrected chi connectivity index (χ1v) is 45.9. The molecule has 626 valence electrons. The Kier molecular flexibility index (Phi) is 40.3. The van der Waals surface area contributed by atoms with Gasteiger partial charge in [0.2, 0.25) is 0 Å². The first-order valence-electron chi connectivity index (χ1n) is 42.2. The monoisotopic (exact) mass is 1790 g/mol. The number of aryl methyl sites for hydroxylation is 4. The van der Waals surface area contributed by atoms with E-state index in [2.05, 4.69) is 154 Å². The molecule has 1 aromatic heterocycles. The van der Waals surface area contributed by atoms with Gasteiger partial charge < -0.3 is 19.6 Å². The number of hydrogen-bond donors (Lipinski definition) is 1. The third-order valence-corrected chi connectivity index (χ3v) is 27.4. The van der Waals surface area contributed by atoms with E-state index in [9.17, 15) is 24.3 Å². The Balaban J connectivity index is 0.000000255. The molecule has 8 aliphatic rings. The van der Waals surface area contributed by atoms with E-state index in [-0.39, 0.29) is 69.3 Å². The standard InChI is InChI=1S/C21H22Br2O.C20H27NO2.C16H24O2.C13H13NO2.C10H15N.C10H12.C6H8N.C6H2.CH4.Mo.2H2/c1-12-17(22)10-13-6-2-4-8-15(13)19(12)20-16-9-5-3-7-14(16)11-18(23)21(20)24;1-3-5-6-7-8-9-10-13-16(4-2)21-19(22)17-14-11-12-15-18(17)20(21)23;1-3-4-5-6-7-8-13-18-14-15-9-11-16(17-2)12-10-15;1-3-9(4-2)14-12(15)10-7-5-6-8-11(10)13(14)16;11-10-4-7-1-8(5-10)3-9(2-7)6-10;1-10(2,3)9-7-5-4-6-8-9;1-5-3-4-6(2)7-5;1-3-5-6-4-2;;;;/h10-11,24H,2-9H2,1H3;10-16H,3-9H2,1-2H3;3,9-12H,1,4-8,13-14H2,2H3;3,5-9H,1,4H2,2H3;7-9H,1-6H2;1,4-8H,2-3H3;3-4H,1-2H3;1-2H;1H4;;2*1H/q;;;;;;-1;;;;;/b;13-10-;;;;;;;;;;/t;16-;;9-;;;;;;;;/m.0.1......../s1. The molecule has 1 N–H and O–H groups in total. The molecule has 117 heavy (non-hydrogen) atoms. The summed E-state index contributed by atoms with van der Waals surface area (Å²) in [5.74, 6) is 12.2. The van der Waals surface area contributed by atoms with Gasteiger partial charge in [-0.05, 0) is 230 Å². The van der Waals surface area contributed by atoms with Crippen LogP contribution in [0.4, 0.5) is 0 Å². The Morgan fingerprint density at radius 2 is 1.10 bits per heavy atom. The van der Waals surface area contributed by atoms with Crippen LogP contribution in [0.5, 0.6) is 11.5 Å². The van der Waals surface area contributed by atoms with E-state index in [0.717, 1.165) is 103 Å². The zero-order chi connectivity index (χ0) is 83.6. The van der Waals surface area contributed by atoms with Crippen LogP contribution >= 0.6 is 31.9 Å². The first-order chi connectivity index (χ1) is 56.1. The predicted molar refractivity (Wildman–Crippen MR) is 492 cm³/mol. The number of amides is 4. The largest absolute Gasteiger partial charge is 0.665 e. The fourth-order valence-corrected chi connectivity index (χ4v) is 20.4. The van der Waals surface area contributed by atoms with Gasteiger partial charge in [0, 0.05) is 19.5 Å². The molecule has 6 aliphatic carbocycles. The summed E-state index contributed by atoms with van der Waals surface area (Å²) in [5, 5.41) is 11.0. The second kappa shape index (κ2) is 49.3. The third-order valence-electron chi connectivity index (χ3n) is 23.0. The van der Waals surface area contributed by atoms with E-state index in [0.29, 0.717) is 46.6 Å². The van der Waals surface area contributed by atoms with Crippen molar-refractivity contribution in [2.24, 2.45) is 21.2 Å². The van der Waals surface area contributed by atoms with Gasteiger partial charge in [0.1, 0.15) is 11.5 Å². The maximum atomic E-state index is 12.5. The quantitative estimate of drug-likeness (QED) is 0.0186. The van der Waals surface area contributed by atoms with E-state index in [1.165, 1.54) is 174 Å². The van der Waals surface area contributed by atoms with Crippen LogP contribution in [-0.2, 0) is 60.4 Å². The Bertz CT molecular complexity index is 4500. The molecule has 7 aromatic rings. The maximum Gasteiger partial charge on any atom is 0.262 e. The van der Waals surface area contributed by atoms with Crippen LogP contribution < -0.4 is 9.72 Å². The van der Waals surface area contributed by atoms with Crippen molar-refractivity contribution in [3.05, 3.63) is 246 Å². The molecular formula is C103H131Br2MoN4O7-. The number of carbonyl (C=O) groups excluding carboxylic acids is 4. The van der Waals surface area contributed by atoms with E-state index in [1.54, 1.807) is 61.7 Å². The van der Waals surface area contributed by atoms with Gasteiger partial charge in [-0.25, -0.2) is 0 Å². The van der Waals surface area contributed by atoms with Crippen LogP contribution in [-0.4, -0.2) is 74.3 Å². The molecule has 11 nitrogen and oxygen atoms in total. The fraction of sp³-hybridized carbons (Fsp3) is 0.447. The number of nitrogens with zero attached hydrogens (tertiary/aromatic N) is 4. The summed E-state index contributed by atoms with van der Waals surface area (Å²) in [6.45, 7) is 25.9. The third kappa shape index (κ3) is 27.3. The minimum atomic E-state index is -0.353. The molecule has 14 heteroatoms.